The van der Waals surface area contributed by atoms with Crippen LogP contribution in [-0.2, 0) is 4.74 Å². The van der Waals surface area contributed by atoms with E-state index in [0.29, 0.717) is 31.1 Å². The van der Waals surface area contributed by atoms with E-state index in [4.69, 9.17) is 21.7 Å². The monoisotopic (exact) mass is 294 g/mol. The van der Waals surface area contributed by atoms with E-state index in [1.165, 1.54) is 0 Å². The second-order valence-corrected chi connectivity index (χ2v) is 4.20. The van der Waals surface area contributed by atoms with Gasteiger partial charge in [-0.3, -0.25) is 10.1 Å². The summed E-state index contributed by atoms with van der Waals surface area (Å²) in [6.07, 6.45) is 1.65. The molecule has 0 atom stereocenters. The fourth-order valence-corrected chi connectivity index (χ4v) is 1.57. The SMILES string of the molecule is C=CCNC(=S)NC(=O)c1ccccc1OCCOC. The van der Waals surface area contributed by atoms with Gasteiger partial charge in [-0.2, -0.15) is 0 Å². The number of hydrogen-bond acceptors (Lipinski definition) is 4. The highest BCUT2D eigenvalue weighted by Crippen LogP contribution is 2.17. The molecule has 0 aliphatic heterocycles. The maximum atomic E-state index is 12.1. The minimum atomic E-state index is -0.320. The van der Waals surface area contributed by atoms with Crippen molar-refractivity contribution in [3.63, 3.8) is 0 Å². The van der Waals surface area contributed by atoms with Crippen LogP contribution >= 0.6 is 12.2 Å². The Morgan fingerprint density at radius 2 is 2.15 bits per heavy atom. The standard InChI is InChI=1S/C14H18N2O3S/c1-3-8-15-14(20)16-13(17)11-6-4-5-7-12(11)19-10-9-18-2/h3-7H,1,8-10H2,2H3,(H2,15,16,17,20). The molecule has 1 aromatic rings. The van der Waals surface area contributed by atoms with Crippen molar-refractivity contribution in [1.82, 2.24) is 10.6 Å². The molecule has 6 heteroatoms. The van der Waals surface area contributed by atoms with E-state index in [9.17, 15) is 4.79 Å². The van der Waals surface area contributed by atoms with Crippen molar-refractivity contribution < 1.29 is 14.3 Å². The zero-order valence-electron chi connectivity index (χ0n) is 11.3. The average molecular weight is 294 g/mol. The largest absolute Gasteiger partial charge is 0.490 e. The maximum Gasteiger partial charge on any atom is 0.261 e. The van der Waals surface area contributed by atoms with Gasteiger partial charge in [0.2, 0.25) is 0 Å². The summed E-state index contributed by atoms with van der Waals surface area (Å²) in [6, 6.07) is 6.96. The summed E-state index contributed by atoms with van der Waals surface area (Å²) < 4.78 is 10.4. The predicted octanol–water partition coefficient (Wildman–Crippen LogP) is 1.50. The van der Waals surface area contributed by atoms with Gasteiger partial charge in [0.15, 0.2) is 5.11 Å². The van der Waals surface area contributed by atoms with E-state index in [1.54, 1.807) is 37.5 Å². The highest BCUT2D eigenvalue weighted by atomic mass is 32.1. The number of amides is 1. The topological polar surface area (TPSA) is 59.6 Å². The molecule has 1 aromatic carbocycles. The number of carbonyl (C=O) groups is 1. The van der Waals surface area contributed by atoms with Gasteiger partial charge in [0, 0.05) is 13.7 Å². The maximum absolute atomic E-state index is 12.1. The summed E-state index contributed by atoms with van der Waals surface area (Å²) in [7, 11) is 1.59. The first-order valence-corrected chi connectivity index (χ1v) is 6.50. The number of ether oxygens (including phenoxy) is 2. The zero-order chi connectivity index (χ0) is 14.8. The Hall–Kier alpha value is -1.92. The lowest BCUT2D eigenvalue weighted by atomic mass is 10.2. The van der Waals surface area contributed by atoms with Crippen LogP contribution in [0.3, 0.4) is 0 Å². The van der Waals surface area contributed by atoms with E-state index in [1.807, 2.05) is 0 Å². The average Bonchev–Trinajstić information content (AvgIpc) is 2.46. The van der Waals surface area contributed by atoms with Gasteiger partial charge in [0.25, 0.3) is 5.91 Å². The van der Waals surface area contributed by atoms with Crippen molar-refractivity contribution in [1.29, 1.82) is 0 Å². The first-order chi connectivity index (χ1) is 9.69. The third kappa shape index (κ3) is 5.38. The Bertz CT molecular complexity index is 477. The van der Waals surface area contributed by atoms with Crippen molar-refractivity contribution in [3.8, 4) is 5.75 Å². The van der Waals surface area contributed by atoms with Crippen LogP contribution in [0.25, 0.3) is 0 Å². The summed E-state index contributed by atoms with van der Waals surface area (Å²) in [5, 5.41) is 5.66. The zero-order valence-corrected chi connectivity index (χ0v) is 12.2. The molecule has 0 bridgehead atoms. The van der Waals surface area contributed by atoms with E-state index < -0.39 is 0 Å². The fourth-order valence-electron chi connectivity index (χ4n) is 1.39. The minimum absolute atomic E-state index is 0.251. The van der Waals surface area contributed by atoms with Gasteiger partial charge in [-0.15, -0.1) is 6.58 Å². The van der Waals surface area contributed by atoms with E-state index >= 15 is 0 Å². The van der Waals surface area contributed by atoms with Gasteiger partial charge in [0.1, 0.15) is 12.4 Å². The molecule has 0 spiro atoms. The van der Waals surface area contributed by atoms with Crippen LogP contribution in [0.15, 0.2) is 36.9 Å². The number of benzene rings is 1. The van der Waals surface area contributed by atoms with E-state index in [2.05, 4.69) is 17.2 Å². The molecule has 1 rings (SSSR count). The molecule has 0 aromatic heterocycles. The minimum Gasteiger partial charge on any atom is -0.490 e. The second kappa shape index (κ2) is 9.06. The summed E-state index contributed by atoms with van der Waals surface area (Å²) in [5.41, 5.74) is 0.423. The molecular weight excluding hydrogens is 276 g/mol. The third-order valence-corrected chi connectivity index (χ3v) is 2.56. The van der Waals surface area contributed by atoms with Crippen LogP contribution in [0.4, 0.5) is 0 Å². The highest BCUT2D eigenvalue weighted by Gasteiger charge is 2.13. The normalized spacial score (nSPS) is 9.65. The van der Waals surface area contributed by atoms with Crippen LogP contribution in [0.2, 0.25) is 0 Å². The third-order valence-electron chi connectivity index (χ3n) is 2.31. The predicted molar refractivity (Wildman–Crippen MR) is 82.1 cm³/mol. The van der Waals surface area contributed by atoms with Gasteiger partial charge >= 0.3 is 0 Å². The molecule has 20 heavy (non-hydrogen) atoms. The van der Waals surface area contributed by atoms with Crippen molar-refractivity contribution in [3.05, 3.63) is 42.5 Å². The molecule has 0 aliphatic rings. The fraction of sp³-hybridized carbons (Fsp3) is 0.286. The first-order valence-electron chi connectivity index (χ1n) is 6.10. The molecule has 0 unspecified atom stereocenters. The van der Waals surface area contributed by atoms with Crippen LogP contribution in [0.1, 0.15) is 10.4 Å². The number of hydrogen-bond donors (Lipinski definition) is 2. The second-order valence-electron chi connectivity index (χ2n) is 3.79. The molecule has 0 radical (unpaired) electrons. The number of thiocarbonyl (C=S) groups is 1. The summed E-state index contributed by atoms with van der Waals surface area (Å²) in [4.78, 5) is 12.1. The molecule has 2 N–H and O–H groups in total. The lowest BCUT2D eigenvalue weighted by Crippen LogP contribution is -2.39. The molecule has 0 heterocycles. The molecule has 0 saturated carbocycles. The molecule has 0 saturated heterocycles. The Morgan fingerprint density at radius 1 is 1.40 bits per heavy atom. The molecule has 1 amide bonds. The van der Waals surface area contributed by atoms with Gasteiger partial charge in [0.05, 0.1) is 12.2 Å². The van der Waals surface area contributed by atoms with Crippen molar-refractivity contribution >= 4 is 23.2 Å². The summed E-state index contributed by atoms with van der Waals surface area (Å²) in [5.74, 6) is 0.174. The quantitative estimate of drug-likeness (QED) is 0.453. The summed E-state index contributed by atoms with van der Waals surface area (Å²) in [6.45, 7) is 4.88. The molecular formula is C14H18N2O3S. The number of methoxy groups -OCH3 is 1. The Balaban J connectivity index is 2.66. The van der Waals surface area contributed by atoms with Crippen molar-refractivity contribution in [2.75, 3.05) is 26.9 Å². The van der Waals surface area contributed by atoms with Gasteiger partial charge in [-0.25, -0.2) is 0 Å². The highest BCUT2D eigenvalue weighted by molar-refractivity contribution is 7.80. The van der Waals surface area contributed by atoms with Gasteiger partial charge < -0.3 is 14.8 Å². The smallest absolute Gasteiger partial charge is 0.261 e. The molecule has 0 aliphatic carbocycles. The number of carbonyl (C=O) groups excluding carboxylic acids is 1. The lowest BCUT2D eigenvalue weighted by Gasteiger charge is -2.12. The van der Waals surface area contributed by atoms with E-state index in [0.717, 1.165) is 0 Å². The first kappa shape index (κ1) is 16.1. The van der Waals surface area contributed by atoms with Gasteiger partial charge in [-0.1, -0.05) is 18.2 Å². The van der Waals surface area contributed by atoms with Crippen LogP contribution < -0.4 is 15.4 Å². The Morgan fingerprint density at radius 3 is 2.85 bits per heavy atom. The van der Waals surface area contributed by atoms with Crippen LogP contribution in [-0.4, -0.2) is 37.9 Å². The Kier molecular flexibility index (Phi) is 7.31. The van der Waals surface area contributed by atoms with Crippen LogP contribution in [0, 0.1) is 0 Å². The number of para-hydroxylation sites is 1. The Labute approximate surface area is 124 Å². The number of rotatable bonds is 7. The molecule has 108 valence electrons. The van der Waals surface area contributed by atoms with Crippen molar-refractivity contribution in [2.24, 2.45) is 0 Å². The van der Waals surface area contributed by atoms with Gasteiger partial charge in [-0.05, 0) is 24.4 Å². The summed E-state index contributed by atoms with van der Waals surface area (Å²) >= 11 is 4.99. The van der Waals surface area contributed by atoms with Crippen LogP contribution in [0.5, 0.6) is 5.75 Å². The molecule has 0 fully saturated rings. The van der Waals surface area contributed by atoms with E-state index in [-0.39, 0.29) is 11.0 Å². The van der Waals surface area contributed by atoms with Crippen molar-refractivity contribution in [2.45, 2.75) is 0 Å². The number of nitrogens with one attached hydrogen (secondary N) is 2. The molecule has 5 nitrogen and oxygen atoms in total. The lowest BCUT2D eigenvalue weighted by molar-refractivity contribution is 0.0969.